The third kappa shape index (κ3) is 3.66. The van der Waals surface area contributed by atoms with Crippen molar-refractivity contribution in [2.45, 2.75) is 18.7 Å². The molecular weight excluding hydrogens is 386 g/mol. The van der Waals surface area contributed by atoms with Gasteiger partial charge in [0.2, 0.25) is 0 Å². The highest BCUT2D eigenvalue weighted by atomic mass is 32.2. The van der Waals surface area contributed by atoms with Crippen LogP contribution in [0.3, 0.4) is 0 Å². The predicted octanol–water partition coefficient (Wildman–Crippen LogP) is 3.26. The van der Waals surface area contributed by atoms with Gasteiger partial charge in [0.15, 0.2) is 5.57 Å². The predicted molar refractivity (Wildman–Crippen MR) is 115 cm³/mol. The molecule has 28 heavy (non-hydrogen) atoms. The quantitative estimate of drug-likeness (QED) is 0.630. The van der Waals surface area contributed by atoms with Crippen LogP contribution in [-0.2, 0) is 0 Å². The van der Waals surface area contributed by atoms with Gasteiger partial charge in [-0.15, -0.1) is 23.1 Å². The van der Waals surface area contributed by atoms with E-state index in [1.165, 1.54) is 15.9 Å². The van der Waals surface area contributed by atoms with Crippen LogP contribution in [-0.4, -0.2) is 10.8 Å². The number of nitrogens with zero attached hydrogens (tertiary/aromatic N) is 3. The van der Waals surface area contributed by atoms with E-state index in [0.717, 1.165) is 27.3 Å². The molecule has 0 unspecified atom stereocenters. The summed E-state index contributed by atoms with van der Waals surface area (Å²) >= 11 is 2.82. The van der Waals surface area contributed by atoms with E-state index < -0.39 is 0 Å². The van der Waals surface area contributed by atoms with Gasteiger partial charge in [0, 0.05) is 4.90 Å². The van der Waals surface area contributed by atoms with Crippen LogP contribution in [0.4, 0.5) is 0 Å². The minimum absolute atomic E-state index is 0.0675. The third-order valence-electron chi connectivity index (χ3n) is 4.34. The largest absolute Gasteiger partial charge is 0.273 e. The monoisotopic (exact) mass is 403 g/mol. The third-order valence-corrected chi connectivity index (χ3v) is 6.17. The van der Waals surface area contributed by atoms with Crippen molar-refractivity contribution >= 4 is 34.7 Å². The Hall–Kier alpha value is -3.06. The number of aromatic nitrogens is 1. The zero-order valence-corrected chi connectivity index (χ0v) is 17.3. The maximum Gasteiger partial charge on any atom is 0.273 e. The highest BCUT2D eigenvalue weighted by Gasteiger charge is 2.14. The molecule has 0 bridgehead atoms. The Morgan fingerprint density at radius 2 is 1.68 bits per heavy atom. The van der Waals surface area contributed by atoms with Crippen molar-refractivity contribution < 1.29 is 0 Å². The Kier molecular flexibility index (Phi) is 5.84. The molecule has 0 spiro atoms. The molecule has 0 aliphatic rings. The number of hydrogen-bond acceptors (Lipinski definition) is 5. The van der Waals surface area contributed by atoms with E-state index in [2.05, 4.69) is 0 Å². The maximum atomic E-state index is 13.3. The molecule has 3 rings (SSSR count). The summed E-state index contributed by atoms with van der Waals surface area (Å²) in [5.74, 6) is 0. The summed E-state index contributed by atoms with van der Waals surface area (Å²) in [6.07, 6.45) is 3.81. The van der Waals surface area contributed by atoms with E-state index in [-0.39, 0.29) is 11.1 Å². The van der Waals surface area contributed by atoms with Crippen molar-refractivity contribution in [2.24, 2.45) is 0 Å². The molecule has 1 aromatic heterocycles. The molecule has 0 N–H and O–H groups in total. The van der Waals surface area contributed by atoms with Crippen LogP contribution in [0.2, 0.25) is 0 Å². The first-order valence-corrected chi connectivity index (χ1v) is 10.5. The van der Waals surface area contributed by atoms with Crippen LogP contribution >= 0.6 is 23.1 Å². The summed E-state index contributed by atoms with van der Waals surface area (Å²) < 4.78 is 2.34. The van der Waals surface area contributed by atoms with Crippen LogP contribution in [0.15, 0.2) is 52.2 Å². The van der Waals surface area contributed by atoms with Gasteiger partial charge in [-0.3, -0.25) is 9.36 Å². The Morgan fingerprint density at radius 1 is 1.07 bits per heavy atom. The Morgan fingerprint density at radius 3 is 2.21 bits per heavy atom. The summed E-state index contributed by atoms with van der Waals surface area (Å²) in [5.41, 5.74) is 3.14. The summed E-state index contributed by atoms with van der Waals surface area (Å²) in [5, 5.41) is 18.8. The first-order valence-electron chi connectivity index (χ1n) is 8.49. The minimum atomic E-state index is -0.227. The van der Waals surface area contributed by atoms with Crippen LogP contribution < -0.4 is 14.8 Å². The van der Waals surface area contributed by atoms with Gasteiger partial charge in [-0.25, -0.2) is 0 Å². The van der Waals surface area contributed by atoms with Gasteiger partial charge in [0.25, 0.3) is 5.56 Å². The van der Waals surface area contributed by atoms with E-state index in [9.17, 15) is 15.3 Å². The average Bonchev–Trinajstić information content (AvgIpc) is 3.00. The molecule has 0 atom stereocenters. The lowest BCUT2D eigenvalue weighted by Crippen LogP contribution is -2.31. The van der Waals surface area contributed by atoms with Gasteiger partial charge in [-0.1, -0.05) is 30.3 Å². The number of para-hydroxylation sites is 1. The molecular formula is C22H17N3OS2. The van der Waals surface area contributed by atoms with E-state index in [1.807, 2.05) is 74.7 Å². The molecule has 138 valence electrons. The van der Waals surface area contributed by atoms with E-state index in [0.29, 0.717) is 9.20 Å². The maximum absolute atomic E-state index is 13.3. The van der Waals surface area contributed by atoms with Crippen LogP contribution in [0.5, 0.6) is 0 Å². The molecule has 4 nitrogen and oxygen atoms in total. The molecule has 0 saturated carbocycles. The zero-order valence-electron chi connectivity index (χ0n) is 15.7. The molecule has 6 heteroatoms. The molecule has 0 radical (unpaired) electrons. The molecule has 3 aromatic rings. The van der Waals surface area contributed by atoms with Gasteiger partial charge in [0.05, 0.1) is 10.2 Å². The first-order chi connectivity index (χ1) is 13.5. The topological polar surface area (TPSA) is 69.6 Å². The molecule has 2 aromatic carbocycles. The highest BCUT2D eigenvalue weighted by Crippen LogP contribution is 2.17. The number of nitriles is 2. The minimum Gasteiger partial charge on any atom is -0.267 e. The van der Waals surface area contributed by atoms with Gasteiger partial charge in [-0.05, 0) is 55.0 Å². The van der Waals surface area contributed by atoms with Gasteiger partial charge >= 0.3 is 0 Å². The lowest BCUT2D eigenvalue weighted by molar-refractivity contribution is 0.962. The number of rotatable bonds is 3. The molecule has 0 saturated heterocycles. The van der Waals surface area contributed by atoms with Crippen molar-refractivity contribution in [2.75, 3.05) is 6.26 Å². The number of aryl methyl sites for hydroxylation is 2. The van der Waals surface area contributed by atoms with Crippen molar-refractivity contribution in [1.82, 2.24) is 4.57 Å². The SMILES string of the molecule is CSc1ccc(/C=c2\sc(=C(C#N)C#N)n(-c3c(C)cccc3C)c2=O)cc1. The zero-order chi connectivity index (χ0) is 20.3. The number of thioether (sulfide) groups is 1. The molecule has 0 fully saturated rings. The van der Waals surface area contributed by atoms with Crippen molar-refractivity contribution in [3.8, 4) is 17.8 Å². The summed E-state index contributed by atoms with van der Waals surface area (Å²) in [6, 6.07) is 17.5. The van der Waals surface area contributed by atoms with Gasteiger partial charge in [-0.2, -0.15) is 10.5 Å². The normalized spacial score (nSPS) is 11.1. The number of hydrogen-bond donors (Lipinski definition) is 0. The van der Waals surface area contributed by atoms with E-state index >= 15 is 0 Å². The first kappa shape index (κ1) is 19.7. The number of thiazole rings is 1. The summed E-state index contributed by atoms with van der Waals surface area (Å²) in [6.45, 7) is 3.83. The standard InChI is InChI=1S/C22H17N3OS2/c1-14-5-4-6-15(2)20(14)25-21(26)19(28-22(25)17(12-23)13-24)11-16-7-9-18(27-3)10-8-16/h4-11H,1-3H3/b19-11-. The van der Waals surface area contributed by atoms with E-state index in [1.54, 1.807) is 17.8 Å². The van der Waals surface area contributed by atoms with Gasteiger partial charge in [0.1, 0.15) is 16.8 Å². The van der Waals surface area contributed by atoms with Crippen molar-refractivity contribution in [3.05, 3.63) is 78.7 Å². The average molecular weight is 404 g/mol. The summed E-state index contributed by atoms with van der Waals surface area (Å²) in [7, 11) is 0. The Balaban J connectivity index is 2.40. The van der Waals surface area contributed by atoms with Crippen molar-refractivity contribution in [1.29, 1.82) is 10.5 Å². The van der Waals surface area contributed by atoms with Crippen LogP contribution in [0, 0.1) is 36.5 Å². The van der Waals surface area contributed by atoms with Crippen LogP contribution in [0.25, 0.3) is 17.3 Å². The summed E-state index contributed by atoms with van der Waals surface area (Å²) in [4.78, 5) is 14.4. The fourth-order valence-electron chi connectivity index (χ4n) is 2.98. The second-order valence-electron chi connectivity index (χ2n) is 6.17. The fraction of sp³-hybridized carbons (Fsp3) is 0.136. The molecule has 0 aliphatic heterocycles. The lowest BCUT2D eigenvalue weighted by atomic mass is 10.1. The number of benzene rings is 2. The molecule has 1 heterocycles. The van der Waals surface area contributed by atoms with Crippen molar-refractivity contribution in [3.63, 3.8) is 0 Å². The van der Waals surface area contributed by atoms with Gasteiger partial charge < -0.3 is 0 Å². The second-order valence-corrected chi connectivity index (χ2v) is 8.08. The molecule has 0 amide bonds. The van der Waals surface area contributed by atoms with Crippen LogP contribution in [0.1, 0.15) is 16.7 Å². The van der Waals surface area contributed by atoms with E-state index in [4.69, 9.17) is 0 Å². The smallest absolute Gasteiger partial charge is 0.267 e. The lowest BCUT2D eigenvalue weighted by Gasteiger charge is -2.10. The Labute approximate surface area is 171 Å². The fourth-order valence-corrected chi connectivity index (χ4v) is 4.43. The molecule has 0 aliphatic carbocycles. The second kappa shape index (κ2) is 8.31. The Bertz CT molecular complexity index is 1260. The highest BCUT2D eigenvalue weighted by molar-refractivity contribution is 7.98.